The number of aliphatic hydroxyl groups excluding tert-OH is 1. The third-order valence-electron chi connectivity index (χ3n) is 7.26. The van der Waals surface area contributed by atoms with Crippen LogP contribution in [0.1, 0.15) is 27.0 Å². The van der Waals surface area contributed by atoms with E-state index in [-0.39, 0.29) is 30.3 Å². The number of aromatic hydroxyl groups is 1. The highest BCUT2D eigenvalue weighted by Crippen LogP contribution is 2.36. The summed E-state index contributed by atoms with van der Waals surface area (Å²) < 4.78 is 43.4. The number of sulfonamides is 1. The van der Waals surface area contributed by atoms with Crippen LogP contribution in [0, 0.1) is 5.82 Å². The lowest BCUT2D eigenvalue weighted by Crippen LogP contribution is -2.30. The van der Waals surface area contributed by atoms with E-state index in [0.29, 0.717) is 28.3 Å². The Bertz CT molecular complexity index is 1950. The van der Waals surface area contributed by atoms with Gasteiger partial charge in [-0.3, -0.25) is 4.79 Å². The quantitative estimate of drug-likeness (QED) is 0.133. The van der Waals surface area contributed by atoms with Crippen molar-refractivity contribution in [3.8, 4) is 16.9 Å². The van der Waals surface area contributed by atoms with Gasteiger partial charge in [-0.1, -0.05) is 77.8 Å². The van der Waals surface area contributed by atoms with Crippen molar-refractivity contribution in [1.82, 2.24) is 4.31 Å². The van der Waals surface area contributed by atoms with E-state index in [1.54, 1.807) is 48.5 Å². The summed E-state index contributed by atoms with van der Waals surface area (Å²) in [5.41, 5.74) is 4.09. The zero-order chi connectivity index (χ0) is 32.8. The third-order valence-corrected chi connectivity index (χ3v) is 9.60. The van der Waals surface area contributed by atoms with Gasteiger partial charge in [0.2, 0.25) is 10.0 Å². The van der Waals surface area contributed by atoms with Gasteiger partial charge in [-0.2, -0.15) is 4.31 Å². The van der Waals surface area contributed by atoms with Crippen molar-refractivity contribution in [3.63, 3.8) is 0 Å². The number of phenolic OH excluding ortho intramolecular Hbond substituents is 1. The highest BCUT2D eigenvalue weighted by atomic mass is 35.5. The van der Waals surface area contributed by atoms with E-state index in [2.05, 4.69) is 5.32 Å². The van der Waals surface area contributed by atoms with Crippen LogP contribution in [0.15, 0.2) is 114 Å². The standard InChI is InChI=1S/C35H29Cl2FN2O5S/c36-29-10-8-26(9-11-29)27-3-1-2-25(18-27)22-40(21-24-4-12-30(38)13-5-24)46(44,45)33-20-28(19-32(37)34(33)42)35(43)39-31-14-6-23(7-15-31)16-17-41/h1-15,18-20,41-42H,16-17,21-22H2,(H,39,43). The summed E-state index contributed by atoms with van der Waals surface area (Å²) in [6.45, 7) is -0.294. The number of aliphatic hydroxyl groups is 1. The van der Waals surface area contributed by atoms with Crippen molar-refractivity contribution >= 4 is 44.8 Å². The van der Waals surface area contributed by atoms with E-state index >= 15 is 0 Å². The molecule has 3 N–H and O–H groups in total. The van der Waals surface area contributed by atoms with Crippen LogP contribution >= 0.6 is 23.2 Å². The van der Waals surface area contributed by atoms with Crippen LogP contribution in [-0.4, -0.2) is 35.5 Å². The third kappa shape index (κ3) is 7.93. The maximum Gasteiger partial charge on any atom is 0.255 e. The number of anilines is 1. The fourth-order valence-electron chi connectivity index (χ4n) is 4.84. The summed E-state index contributed by atoms with van der Waals surface area (Å²) in [5, 5.41) is 23.0. The molecule has 0 unspecified atom stereocenters. The molecule has 0 heterocycles. The van der Waals surface area contributed by atoms with E-state index in [1.165, 1.54) is 30.3 Å². The minimum Gasteiger partial charge on any atom is -0.505 e. The van der Waals surface area contributed by atoms with Crippen LogP contribution in [0.5, 0.6) is 5.75 Å². The minimum atomic E-state index is -4.50. The van der Waals surface area contributed by atoms with Crippen LogP contribution in [0.2, 0.25) is 10.0 Å². The van der Waals surface area contributed by atoms with E-state index in [0.717, 1.165) is 27.1 Å². The molecule has 1 amide bonds. The Balaban J connectivity index is 1.50. The molecule has 46 heavy (non-hydrogen) atoms. The Morgan fingerprint density at radius 3 is 2.11 bits per heavy atom. The van der Waals surface area contributed by atoms with Crippen molar-refractivity contribution in [1.29, 1.82) is 0 Å². The van der Waals surface area contributed by atoms with Gasteiger partial charge in [-0.25, -0.2) is 12.8 Å². The van der Waals surface area contributed by atoms with E-state index in [9.17, 15) is 22.7 Å². The maximum absolute atomic E-state index is 14.3. The molecule has 0 aliphatic rings. The second-order valence-electron chi connectivity index (χ2n) is 10.5. The van der Waals surface area contributed by atoms with Gasteiger partial charge in [0.25, 0.3) is 5.91 Å². The molecule has 11 heteroatoms. The monoisotopic (exact) mass is 678 g/mol. The van der Waals surface area contributed by atoms with E-state index < -0.39 is 32.4 Å². The predicted octanol–water partition coefficient (Wildman–Crippen LogP) is 7.68. The van der Waals surface area contributed by atoms with Crippen molar-refractivity contribution in [3.05, 3.63) is 147 Å². The summed E-state index contributed by atoms with van der Waals surface area (Å²) in [6, 6.07) is 29.0. The first-order valence-corrected chi connectivity index (χ1v) is 16.4. The molecule has 0 saturated heterocycles. The zero-order valence-corrected chi connectivity index (χ0v) is 26.7. The molecular weight excluding hydrogens is 650 g/mol. The second-order valence-corrected chi connectivity index (χ2v) is 13.3. The molecule has 0 aliphatic heterocycles. The van der Waals surface area contributed by atoms with E-state index in [4.69, 9.17) is 28.3 Å². The van der Waals surface area contributed by atoms with Crippen molar-refractivity contribution in [2.45, 2.75) is 24.4 Å². The molecule has 0 radical (unpaired) electrons. The highest BCUT2D eigenvalue weighted by Gasteiger charge is 2.30. The molecule has 0 saturated carbocycles. The lowest BCUT2D eigenvalue weighted by molar-refractivity contribution is 0.102. The normalized spacial score (nSPS) is 11.5. The van der Waals surface area contributed by atoms with Gasteiger partial charge in [0.05, 0.1) is 5.02 Å². The van der Waals surface area contributed by atoms with Crippen LogP contribution in [0.4, 0.5) is 10.1 Å². The number of hydrogen-bond donors (Lipinski definition) is 3. The molecular formula is C35H29Cl2FN2O5S. The second kappa shape index (κ2) is 14.5. The number of carbonyl (C=O) groups excluding carboxylic acids is 1. The van der Waals surface area contributed by atoms with Crippen molar-refractivity contribution < 1.29 is 27.8 Å². The lowest BCUT2D eigenvalue weighted by atomic mass is 10.0. The number of halogens is 3. The summed E-state index contributed by atoms with van der Waals surface area (Å²) >= 11 is 12.3. The van der Waals surface area contributed by atoms with Gasteiger partial charge in [0.1, 0.15) is 10.7 Å². The Labute approximate surface area is 276 Å². The molecule has 5 rings (SSSR count). The van der Waals surface area contributed by atoms with Crippen LogP contribution < -0.4 is 5.32 Å². The average Bonchev–Trinajstić information content (AvgIpc) is 3.04. The first-order valence-electron chi connectivity index (χ1n) is 14.2. The van der Waals surface area contributed by atoms with E-state index in [1.807, 2.05) is 24.3 Å². The molecule has 0 spiro atoms. The molecule has 0 atom stereocenters. The fraction of sp³-hybridized carbons (Fsp3) is 0.114. The summed E-state index contributed by atoms with van der Waals surface area (Å²) in [6.07, 6.45) is 0.461. The van der Waals surface area contributed by atoms with Gasteiger partial charge in [0, 0.05) is 36.0 Å². The number of amides is 1. The van der Waals surface area contributed by atoms with Gasteiger partial charge in [-0.15, -0.1) is 0 Å². The summed E-state index contributed by atoms with van der Waals surface area (Å²) in [7, 11) is -4.50. The Kier molecular flexibility index (Phi) is 10.4. The number of benzene rings is 5. The van der Waals surface area contributed by atoms with Gasteiger partial charge in [0.15, 0.2) is 5.75 Å². The molecule has 7 nitrogen and oxygen atoms in total. The number of hydrogen-bond acceptors (Lipinski definition) is 5. The van der Waals surface area contributed by atoms with Crippen LogP contribution in [0.3, 0.4) is 0 Å². The molecule has 0 bridgehead atoms. The average molecular weight is 680 g/mol. The molecule has 0 aliphatic carbocycles. The Morgan fingerprint density at radius 2 is 1.43 bits per heavy atom. The predicted molar refractivity (Wildman–Crippen MR) is 178 cm³/mol. The van der Waals surface area contributed by atoms with Crippen molar-refractivity contribution in [2.24, 2.45) is 0 Å². The van der Waals surface area contributed by atoms with Gasteiger partial charge >= 0.3 is 0 Å². The number of phenols is 1. The SMILES string of the molecule is O=C(Nc1ccc(CCO)cc1)c1cc(Cl)c(O)c(S(=O)(=O)N(Cc2ccc(F)cc2)Cc2cccc(-c3ccc(Cl)cc3)c2)c1. The number of rotatable bonds is 11. The molecule has 5 aromatic rings. The summed E-state index contributed by atoms with van der Waals surface area (Å²) in [4.78, 5) is 12.6. The maximum atomic E-state index is 14.3. The topological polar surface area (TPSA) is 107 Å². The first-order chi connectivity index (χ1) is 22.0. The largest absolute Gasteiger partial charge is 0.505 e. The molecule has 0 aromatic heterocycles. The Hall–Kier alpha value is -4.25. The van der Waals surface area contributed by atoms with Gasteiger partial charge < -0.3 is 15.5 Å². The molecule has 5 aromatic carbocycles. The van der Waals surface area contributed by atoms with Crippen LogP contribution in [0.25, 0.3) is 11.1 Å². The van der Waals surface area contributed by atoms with Crippen molar-refractivity contribution in [2.75, 3.05) is 11.9 Å². The Morgan fingerprint density at radius 1 is 0.783 bits per heavy atom. The minimum absolute atomic E-state index is 0.0130. The first kappa shape index (κ1) is 33.1. The van der Waals surface area contributed by atoms with Crippen LogP contribution in [-0.2, 0) is 29.5 Å². The number of nitrogens with one attached hydrogen (secondary N) is 1. The lowest BCUT2D eigenvalue weighted by Gasteiger charge is -2.24. The smallest absolute Gasteiger partial charge is 0.255 e. The number of carbonyl (C=O) groups is 1. The fourth-order valence-corrected chi connectivity index (χ4v) is 6.79. The molecule has 236 valence electrons. The number of nitrogens with zero attached hydrogens (tertiary/aromatic N) is 1. The zero-order valence-electron chi connectivity index (χ0n) is 24.3. The van der Waals surface area contributed by atoms with Gasteiger partial charge in [-0.05, 0) is 88.8 Å². The molecule has 0 fully saturated rings. The summed E-state index contributed by atoms with van der Waals surface area (Å²) in [5.74, 6) is -1.82. The highest BCUT2D eigenvalue weighted by molar-refractivity contribution is 7.89.